The molecular formula is C13H16ClN3O2. The number of nitrogens with zero attached hydrogens (tertiary/aromatic N) is 2. The summed E-state index contributed by atoms with van der Waals surface area (Å²) in [4.78, 5) is 0. The van der Waals surface area contributed by atoms with Gasteiger partial charge in [-0.25, -0.2) is 0 Å². The lowest BCUT2D eigenvalue weighted by Crippen LogP contribution is -2.16. The van der Waals surface area contributed by atoms with Gasteiger partial charge in [-0.1, -0.05) is 23.7 Å². The van der Waals surface area contributed by atoms with Crippen LogP contribution in [0, 0.1) is 0 Å². The zero-order valence-corrected chi connectivity index (χ0v) is 11.5. The van der Waals surface area contributed by atoms with E-state index in [9.17, 15) is 0 Å². The first kappa shape index (κ1) is 14.0. The van der Waals surface area contributed by atoms with Crippen LogP contribution in [0.3, 0.4) is 0 Å². The van der Waals surface area contributed by atoms with Gasteiger partial charge in [-0.2, -0.15) is 0 Å². The molecule has 0 aliphatic rings. The Labute approximate surface area is 116 Å². The molecule has 2 rings (SSSR count). The maximum absolute atomic E-state index is 6.07. The fraction of sp³-hybridized carbons (Fsp3) is 0.385. The van der Waals surface area contributed by atoms with Crippen molar-refractivity contribution in [3.05, 3.63) is 35.2 Å². The number of hydrogen-bond acceptors (Lipinski definition) is 5. The van der Waals surface area contributed by atoms with Gasteiger partial charge in [-0.15, -0.1) is 10.2 Å². The summed E-state index contributed by atoms with van der Waals surface area (Å²) in [6, 6.07) is 7.39. The topological polar surface area (TPSA) is 60.2 Å². The van der Waals surface area contributed by atoms with Gasteiger partial charge < -0.3 is 14.5 Å². The Morgan fingerprint density at radius 2 is 2.16 bits per heavy atom. The molecule has 0 atom stereocenters. The molecule has 6 heteroatoms. The Kier molecular flexibility index (Phi) is 5.32. The van der Waals surface area contributed by atoms with E-state index in [1.54, 1.807) is 13.2 Å². The van der Waals surface area contributed by atoms with Crippen LogP contribution >= 0.6 is 11.6 Å². The fourth-order valence-electron chi connectivity index (χ4n) is 1.61. The van der Waals surface area contributed by atoms with Crippen molar-refractivity contribution in [3.8, 4) is 11.5 Å². The van der Waals surface area contributed by atoms with Gasteiger partial charge in [-0.05, 0) is 25.1 Å². The summed E-state index contributed by atoms with van der Waals surface area (Å²) < 4.78 is 10.5. The lowest BCUT2D eigenvalue weighted by Gasteiger charge is -2.00. The molecule has 0 saturated heterocycles. The van der Waals surface area contributed by atoms with Crippen LogP contribution in [0.4, 0.5) is 0 Å². The number of nitrogens with one attached hydrogen (secondary N) is 1. The van der Waals surface area contributed by atoms with E-state index in [1.165, 1.54) is 0 Å². The van der Waals surface area contributed by atoms with Crippen LogP contribution in [-0.2, 0) is 11.3 Å². The molecule has 1 heterocycles. The quantitative estimate of drug-likeness (QED) is 0.790. The van der Waals surface area contributed by atoms with Gasteiger partial charge in [0, 0.05) is 13.7 Å². The van der Waals surface area contributed by atoms with Gasteiger partial charge in [0.1, 0.15) is 0 Å². The molecule has 5 nitrogen and oxygen atoms in total. The highest BCUT2D eigenvalue weighted by Gasteiger charge is 2.10. The Morgan fingerprint density at radius 3 is 2.95 bits per heavy atom. The fourth-order valence-corrected chi connectivity index (χ4v) is 1.82. The lowest BCUT2D eigenvalue weighted by atomic mass is 10.2. The van der Waals surface area contributed by atoms with Crippen LogP contribution in [0.25, 0.3) is 11.5 Å². The monoisotopic (exact) mass is 281 g/mol. The molecule has 0 aliphatic heterocycles. The third-order valence-corrected chi connectivity index (χ3v) is 2.88. The van der Waals surface area contributed by atoms with E-state index in [2.05, 4.69) is 15.5 Å². The Hall–Kier alpha value is -1.43. The first-order valence-electron chi connectivity index (χ1n) is 6.08. The minimum atomic E-state index is 0.444. The standard InChI is InChI=1S/C13H16ClN3O2/c1-18-8-4-7-15-9-12-16-17-13(19-12)10-5-2-3-6-11(10)14/h2-3,5-6,15H,4,7-9H2,1H3. The number of methoxy groups -OCH3 is 1. The van der Waals surface area contributed by atoms with E-state index >= 15 is 0 Å². The summed E-state index contributed by atoms with van der Waals surface area (Å²) >= 11 is 6.07. The number of ether oxygens (including phenoxy) is 1. The summed E-state index contributed by atoms with van der Waals surface area (Å²) in [7, 11) is 1.69. The number of benzene rings is 1. The van der Waals surface area contributed by atoms with Gasteiger partial charge in [0.05, 0.1) is 17.1 Å². The second kappa shape index (κ2) is 7.23. The van der Waals surface area contributed by atoms with Crippen molar-refractivity contribution in [3.63, 3.8) is 0 Å². The van der Waals surface area contributed by atoms with Crippen LogP contribution in [0.5, 0.6) is 0 Å². The molecule has 1 N–H and O–H groups in total. The number of aromatic nitrogens is 2. The van der Waals surface area contributed by atoms with E-state index < -0.39 is 0 Å². The van der Waals surface area contributed by atoms with Crippen molar-refractivity contribution in [2.24, 2.45) is 0 Å². The average Bonchev–Trinajstić information content (AvgIpc) is 2.88. The SMILES string of the molecule is COCCCNCc1nnc(-c2ccccc2Cl)o1. The molecule has 0 saturated carbocycles. The molecular weight excluding hydrogens is 266 g/mol. The molecule has 102 valence electrons. The van der Waals surface area contributed by atoms with Crippen molar-refractivity contribution in [2.75, 3.05) is 20.3 Å². The predicted molar refractivity (Wildman–Crippen MR) is 72.9 cm³/mol. The van der Waals surface area contributed by atoms with Crippen LogP contribution in [0.1, 0.15) is 12.3 Å². The average molecular weight is 282 g/mol. The molecule has 0 spiro atoms. The van der Waals surface area contributed by atoms with Crippen molar-refractivity contribution >= 4 is 11.6 Å². The molecule has 0 amide bonds. The first-order valence-corrected chi connectivity index (χ1v) is 6.46. The normalized spacial score (nSPS) is 10.8. The predicted octanol–water partition coefficient (Wildman–Crippen LogP) is 2.52. The second-order valence-electron chi connectivity index (χ2n) is 4.00. The third-order valence-electron chi connectivity index (χ3n) is 2.55. The molecule has 0 unspecified atom stereocenters. The summed E-state index contributed by atoms with van der Waals surface area (Å²) in [5.41, 5.74) is 0.752. The minimum Gasteiger partial charge on any atom is -0.419 e. The van der Waals surface area contributed by atoms with Crippen LogP contribution in [0.2, 0.25) is 5.02 Å². The summed E-state index contributed by atoms with van der Waals surface area (Å²) in [6.45, 7) is 2.13. The summed E-state index contributed by atoms with van der Waals surface area (Å²) in [5, 5.41) is 11.8. The lowest BCUT2D eigenvalue weighted by molar-refractivity contribution is 0.194. The van der Waals surface area contributed by atoms with E-state index in [1.807, 2.05) is 18.2 Å². The molecule has 2 aromatic rings. The second-order valence-corrected chi connectivity index (χ2v) is 4.41. The highest BCUT2D eigenvalue weighted by molar-refractivity contribution is 6.33. The molecule has 19 heavy (non-hydrogen) atoms. The van der Waals surface area contributed by atoms with Gasteiger partial charge in [0.2, 0.25) is 11.8 Å². The smallest absolute Gasteiger partial charge is 0.249 e. The van der Waals surface area contributed by atoms with E-state index in [-0.39, 0.29) is 0 Å². The summed E-state index contributed by atoms with van der Waals surface area (Å²) in [6.07, 6.45) is 0.946. The van der Waals surface area contributed by atoms with Gasteiger partial charge in [-0.3, -0.25) is 0 Å². The highest BCUT2D eigenvalue weighted by Crippen LogP contribution is 2.25. The Balaban J connectivity index is 1.91. The van der Waals surface area contributed by atoms with Crippen molar-refractivity contribution < 1.29 is 9.15 Å². The van der Waals surface area contributed by atoms with Crippen LogP contribution in [0.15, 0.2) is 28.7 Å². The Morgan fingerprint density at radius 1 is 1.32 bits per heavy atom. The molecule has 0 bridgehead atoms. The van der Waals surface area contributed by atoms with Crippen molar-refractivity contribution in [1.82, 2.24) is 15.5 Å². The van der Waals surface area contributed by atoms with Gasteiger partial charge in [0.15, 0.2) is 0 Å². The molecule has 0 fully saturated rings. The maximum atomic E-state index is 6.07. The van der Waals surface area contributed by atoms with Crippen LogP contribution < -0.4 is 5.32 Å². The minimum absolute atomic E-state index is 0.444. The molecule has 1 aromatic heterocycles. The third kappa shape index (κ3) is 4.02. The maximum Gasteiger partial charge on any atom is 0.249 e. The Bertz CT molecular complexity index is 516. The van der Waals surface area contributed by atoms with E-state index in [0.29, 0.717) is 23.3 Å². The number of halogens is 1. The molecule has 1 aromatic carbocycles. The van der Waals surface area contributed by atoms with Gasteiger partial charge in [0.25, 0.3) is 0 Å². The van der Waals surface area contributed by atoms with E-state index in [4.69, 9.17) is 20.8 Å². The summed E-state index contributed by atoms with van der Waals surface area (Å²) in [5.74, 6) is 0.992. The largest absolute Gasteiger partial charge is 0.419 e. The number of rotatable bonds is 7. The number of hydrogen-bond donors (Lipinski definition) is 1. The first-order chi connectivity index (χ1) is 9.31. The van der Waals surface area contributed by atoms with Crippen molar-refractivity contribution in [2.45, 2.75) is 13.0 Å². The molecule has 0 radical (unpaired) electrons. The van der Waals surface area contributed by atoms with E-state index in [0.717, 1.165) is 25.1 Å². The van der Waals surface area contributed by atoms with Gasteiger partial charge >= 0.3 is 0 Å². The van der Waals surface area contributed by atoms with Crippen LogP contribution in [-0.4, -0.2) is 30.5 Å². The zero-order chi connectivity index (χ0) is 13.5. The zero-order valence-electron chi connectivity index (χ0n) is 10.7. The van der Waals surface area contributed by atoms with Crippen molar-refractivity contribution in [1.29, 1.82) is 0 Å². The molecule has 0 aliphatic carbocycles. The highest BCUT2D eigenvalue weighted by atomic mass is 35.5.